The maximum atomic E-state index is 13.2. The fraction of sp³-hybridized carbons (Fsp3) is 1.00. The van der Waals surface area contributed by atoms with Gasteiger partial charge in [0, 0.05) is 13.1 Å². The first-order chi connectivity index (χ1) is 8.54. The maximum absolute atomic E-state index is 13.2. The average molecular weight is 265 g/mol. The van der Waals surface area contributed by atoms with E-state index in [9.17, 15) is 13.2 Å². The summed E-state index contributed by atoms with van der Waals surface area (Å²) in [4.78, 5) is 3.85. The first-order valence-corrected chi connectivity index (χ1v) is 6.81. The summed E-state index contributed by atoms with van der Waals surface area (Å²) < 4.78 is 39.5. The monoisotopic (exact) mass is 265 g/mol. The fourth-order valence-electron chi connectivity index (χ4n) is 3.11. The third-order valence-corrected chi connectivity index (χ3v) is 4.00. The van der Waals surface area contributed by atoms with Gasteiger partial charge in [-0.25, -0.2) is 0 Å². The van der Waals surface area contributed by atoms with Crippen LogP contribution in [-0.2, 0) is 0 Å². The third kappa shape index (κ3) is 2.97. The van der Waals surface area contributed by atoms with Crippen molar-refractivity contribution in [2.75, 3.05) is 32.7 Å². The Morgan fingerprint density at radius 3 is 2.67 bits per heavy atom. The lowest BCUT2D eigenvalue weighted by atomic mass is 10.2. The van der Waals surface area contributed by atoms with Crippen LogP contribution in [0.3, 0.4) is 0 Å². The smallest absolute Gasteiger partial charge is 0.315 e. The Morgan fingerprint density at radius 1 is 1.22 bits per heavy atom. The molecule has 18 heavy (non-hydrogen) atoms. The molecule has 2 fully saturated rings. The van der Waals surface area contributed by atoms with Gasteiger partial charge in [-0.3, -0.25) is 9.80 Å². The second-order valence-corrected chi connectivity index (χ2v) is 5.10. The molecule has 6 heteroatoms. The standard InChI is InChI=1S/C12H22F3N3/c1-2-17-7-3-5-11(17)18-8-4-6-16-9-10(18)12(13,14)15/h10-11,16H,2-9H2,1H3. The molecule has 2 atom stereocenters. The van der Waals surface area contributed by atoms with Crippen molar-refractivity contribution in [1.29, 1.82) is 0 Å². The number of hydrogen-bond donors (Lipinski definition) is 1. The molecule has 106 valence electrons. The van der Waals surface area contributed by atoms with Crippen molar-refractivity contribution in [1.82, 2.24) is 15.1 Å². The van der Waals surface area contributed by atoms with E-state index < -0.39 is 12.2 Å². The minimum atomic E-state index is -4.14. The first kappa shape index (κ1) is 14.1. The van der Waals surface area contributed by atoms with Gasteiger partial charge in [0.2, 0.25) is 0 Å². The number of rotatable bonds is 2. The quantitative estimate of drug-likeness (QED) is 0.819. The Morgan fingerprint density at radius 2 is 2.00 bits per heavy atom. The van der Waals surface area contributed by atoms with Crippen molar-refractivity contribution in [3.05, 3.63) is 0 Å². The lowest BCUT2D eigenvalue weighted by molar-refractivity contribution is -0.193. The van der Waals surface area contributed by atoms with E-state index in [4.69, 9.17) is 0 Å². The topological polar surface area (TPSA) is 18.5 Å². The van der Waals surface area contributed by atoms with Crippen LogP contribution in [0.5, 0.6) is 0 Å². The Balaban J connectivity index is 2.15. The Hall–Kier alpha value is -0.330. The highest BCUT2D eigenvalue weighted by atomic mass is 19.4. The van der Waals surface area contributed by atoms with E-state index in [0.29, 0.717) is 13.1 Å². The van der Waals surface area contributed by atoms with Crippen LogP contribution in [0.2, 0.25) is 0 Å². The van der Waals surface area contributed by atoms with Gasteiger partial charge < -0.3 is 5.32 Å². The Kier molecular flexibility index (Phi) is 4.50. The summed E-state index contributed by atoms with van der Waals surface area (Å²) in [5.41, 5.74) is 0. The van der Waals surface area contributed by atoms with Crippen LogP contribution < -0.4 is 5.32 Å². The first-order valence-electron chi connectivity index (χ1n) is 6.81. The molecule has 2 aliphatic heterocycles. The fourth-order valence-corrected chi connectivity index (χ4v) is 3.11. The van der Waals surface area contributed by atoms with Gasteiger partial charge in [-0.1, -0.05) is 6.92 Å². The second-order valence-electron chi connectivity index (χ2n) is 5.10. The highest BCUT2D eigenvalue weighted by Gasteiger charge is 2.47. The summed E-state index contributed by atoms with van der Waals surface area (Å²) in [5.74, 6) is 0. The van der Waals surface area contributed by atoms with E-state index in [1.54, 1.807) is 4.90 Å². The molecule has 2 saturated heterocycles. The summed E-state index contributed by atoms with van der Waals surface area (Å²) in [5, 5.41) is 2.91. The average Bonchev–Trinajstić information content (AvgIpc) is 2.63. The van der Waals surface area contributed by atoms with Crippen molar-refractivity contribution < 1.29 is 13.2 Å². The summed E-state index contributed by atoms with van der Waals surface area (Å²) in [6.07, 6.45) is -1.51. The zero-order valence-electron chi connectivity index (χ0n) is 10.8. The van der Waals surface area contributed by atoms with E-state index in [0.717, 1.165) is 32.4 Å². The van der Waals surface area contributed by atoms with E-state index >= 15 is 0 Å². The molecular formula is C12H22F3N3. The lowest BCUT2D eigenvalue weighted by Crippen LogP contribution is -2.56. The largest absolute Gasteiger partial charge is 0.405 e. The lowest BCUT2D eigenvalue weighted by Gasteiger charge is -2.39. The molecule has 2 heterocycles. The summed E-state index contributed by atoms with van der Waals surface area (Å²) in [6.45, 7) is 5.03. The zero-order valence-corrected chi connectivity index (χ0v) is 10.8. The number of alkyl halides is 3. The molecule has 0 aliphatic carbocycles. The van der Waals surface area contributed by atoms with Crippen LogP contribution in [0.4, 0.5) is 13.2 Å². The molecule has 3 nitrogen and oxygen atoms in total. The number of nitrogens with one attached hydrogen (secondary N) is 1. The predicted octanol–water partition coefficient (Wildman–Crippen LogP) is 1.65. The molecule has 0 aromatic rings. The van der Waals surface area contributed by atoms with Crippen LogP contribution in [0.25, 0.3) is 0 Å². The molecular weight excluding hydrogens is 243 g/mol. The molecule has 2 rings (SSSR count). The Labute approximate surface area is 106 Å². The van der Waals surface area contributed by atoms with Gasteiger partial charge in [-0.2, -0.15) is 13.2 Å². The van der Waals surface area contributed by atoms with Crippen LogP contribution in [0.1, 0.15) is 26.2 Å². The van der Waals surface area contributed by atoms with Crippen LogP contribution >= 0.6 is 0 Å². The van der Waals surface area contributed by atoms with Crippen molar-refractivity contribution >= 4 is 0 Å². The van der Waals surface area contributed by atoms with Gasteiger partial charge in [0.25, 0.3) is 0 Å². The molecule has 2 unspecified atom stereocenters. The highest BCUT2D eigenvalue weighted by Crippen LogP contribution is 2.31. The van der Waals surface area contributed by atoms with E-state index in [1.165, 1.54) is 0 Å². The van der Waals surface area contributed by atoms with Crippen LogP contribution in [0.15, 0.2) is 0 Å². The van der Waals surface area contributed by atoms with Gasteiger partial charge in [-0.15, -0.1) is 0 Å². The van der Waals surface area contributed by atoms with E-state index in [-0.39, 0.29) is 12.7 Å². The zero-order chi connectivity index (χ0) is 13.2. The molecule has 0 bridgehead atoms. The van der Waals surface area contributed by atoms with Gasteiger partial charge in [0.05, 0.1) is 6.17 Å². The van der Waals surface area contributed by atoms with Crippen molar-refractivity contribution in [3.63, 3.8) is 0 Å². The van der Waals surface area contributed by atoms with Gasteiger partial charge >= 0.3 is 6.18 Å². The summed E-state index contributed by atoms with van der Waals surface area (Å²) in [6, 6.07) is -1.34. The molecule has 1 N–H and O–H groups in total. The summed E-state index contributed by atoms with van der Waals surface area (Å²) in [7, 11) is 0. The van der Waals surface area contributed by atoms with Gasteiger partial charge in [0.15, 0.2) is 0 Å². The number of hydrogen-bond acceptors (Lipinski definition) is 3. The molecule has 0 spiro atoms. The van der Waals surface area contributed by atoms with Crippen LogP contribution in [-0.4, -0.2) is 60.9 Å². The molecule has 0 amide bonds. The van der Waals surface area contributed by atoms with Crippen molar-refractivity contribution in [2.45, 2.75) is 44.6 Å². The predicted molar refractivity (Wildman–Crippen MR) is 64.3 cm³/mol. The molecule has 0 aromatic carbocycles. The third-order valence-electron chi connectivity index (χ3n) is 4.00. The maximum Gasteiger partial charge on any atom is 0.405 e. The van der Waals surface area contributed by atoms with Gasteiger partial charge in [0.1, 0.15) is 6.04 Å². The number of halogens is 3. The number of likely N-dealkylation sites (tertiary alicyclic amines) is 1. The second kappa shape index (κ2) is 5.75. The van der Waals surface area contributed by atoms with Crippen LogP contribution in [0, 0.1) is 0 Å². The molecule has 0 saturated carbocycles. The number of nitrogens with zero attached hydrogens (tertiary/aromatic N) is 2. The van der Waals surface area contributed by atoms with Gasteiger partial charge in [-0.05, 0) is 38.9 Å². The SMILES string of the molecule is CCN1CCCC1N1CCCNCC1C(F)(F)F. The highest BCUT2D eigenvalue weighted by molar-refractivity contribution is 4.90. The normalized spacial score (nSPS) is 32.7. The molecule has 0 radical (unpaired) electrons. The van der Waals surface area contributed by atoms with Crippen molar-refractivity contribution in [2.24, 2.45) is 0 Å². The van der Waals surface area contributed by atoms with E-state index in [1.807, 2.05) is 6.92 Å². The Bertz CT molecular complexity index is 270. The molecule has 0 aromatic heterocycles. The van der Waals surface area contributed by atoms with E-state index in [2.05, 4.69) is 10.2 Å². The summed E-state index contributed by atoms with van der Waals surface area (Å²) >= 11 is 0. The van der Waals surface area contributed by atoms with Crippen molar-refractivity contribution in [3.8, 4) is 0 Å². The minimum Gasteiger partial charge on any atom is -0.315 e. The minimum absolute atomic E-state index is 0.0254. The molecule has 2 aliphatic rings.